The highest BCUT2D eigenvalue weighted by atomic mass is 32.2. The van der Waals surface area contributed by atoms with Crippen LogP contribution in [0.15, 0.2) is 0 Å². The minimum absolute atomic E-state index is 0.0182. The number of hydrogen-bond acceptors (Lipinski definition) is 4. The van der Waals surface area contributed by atoms with Gasteiger partial charge in [0.1, 0.15) is 6.04 Å². The molecular formula is C11H20N2O3S2. The van der Waals surface area contributed by atoms with E-state index in [1.165, 1.54) is 4.90 Å². The molecule has 1 aliphatic heterocycles. The van der Waals surface area contributed by atoms with Gasteiger partial charge in [0, 0.05) is 25.1 Å². The standard InChI is InChI=1S/C11H20N2O3S2/c1-4-9-13(8(7-18-9)10(14)15)11(16)12(2)5-6-17-3/h8-9H,4-7H2,1-3H3,(H,14,15). The maximum atomic E-state index is 12.3. The summed E-state index contributed by atoms with van der Waals surface area (Å²) >= 11 is 3.22. The Labute approximate surface area is 116 Å². The SMILES string of the molecule is CCC1SCC(C(=O)O)N1C(=O)N(C)CCSC. The first-order valence-electron chi connectivity index (χ1n) is 5.89. The van der Waals surface area contributed by atoms with Crippen molar-refractivity contribution in [3.63, 3.8) is 0 Å². The van der Waals surface area contributed by atoms with Gasteiger partial charge in [0.25, 0.3) is 0 Å². The molecule has 18 heavy (non-hydrogen) atoms. The molecule has 1 heterocycles. The summed E-state index contributed by atoms with van der Waals surface area (Å²) < 4.78 is 0. The third-order valence-electron chi connectivity index (χ3n) is 2.91. The number of carboxylic acid groups (broad SMARTS) is 1. The fraction of sp³-hybridized carbons (Fsp3) is 0.818. The van der Waals surface area contributed by atoms with Gasteiger partial charge >= 0.3 is 12.0 Å². The molecule has 2 amide bonds. The van der Waals surface area contributed by atoms with Crippen molar-refractivity contribution in [2.75, 3.05) is 31.4 Å². The van der Waals surface area contributed by atoms with E-state index >= 15 is 0 Å². The normalized spacial score (nSPS) is 23.2. The van der Waals surface area contributed by atoms with E-state index in [4.69, 9.17) is 0 Å². The summed E-state index contributed by atoms with van der Waals surface area (Å²) in [6, 6.07) is -0.863. The van der Waals surface area contributed by atoms with Gasteiger partial charge in [-0.1, -0.05) is 6.92 Å². The molecule has 104 valence electrons. The van der Waals surface area contributed by atoms with Crippen molar-refractivity contribution >= 4 is 35.5 Å². The highest BCUT2D eigenvalue weighted by Crippen LogP contribution is 2.32. The zero-order chi connectivity index (χ0) is 13.7. The van der Waals surface area contributed by atoms with E-state index in [0.717, 1.165) is 12.2 Å². The van der Waals surface area contributed by atoms with E-state index in [1.807, 2.05) is 13.2 Å². The quantitative estimate of drug-likeness (QED) is 0.834. The second-order valence-corrected chi connectivity index (χ2v) is 6.35. The summed E-state index contributed by atoms with van der Waals surface area (Å²) in [5, 5.41) is 9.16. The Bertz CT molecular complexity index is 315. The van der Waals surface area contributed by atoms with E-state index < -0.39 is 12.0 Å². The number of carboxylic acids is 1. The second kappa shape index (κ2) is 7.13. The summed E-state index contributed by atoms with van der Waals surface area (Å²) in [5.74, 6) is 0.429. The number of rotatable bonds is 5. The van der Waals surface area contributed by atoms with Crippen LogP contribution in [0.3, 0.4) is 0 Å². The molecule has 0 aliphatic carbocycles. The summed E-state index contributed by atoms with van der Waals surface area (Å²) in [4.78, 5) is 26.6. The summed E-state index contributed by atoms with van der Waals surface area (Å²) in [6.45, 7) is 2.62. The summed E-state index contributed by atoms with van der Waals surface area (Å²) in [5.41, 5.74) is 0. The number of carbonyl (C=O) groups excluding carboxylic acids is 1. The molecule has 2 unspecified atom stereocenters. The lowest BCUT2D eigenvalue weighted by molar-refractivity contribution is -0.141. The Hall–Kier alpha value is -0.560. The van der Waals surface area contributed by atoms with Gasteiger partial charge in [-0.15, -0.1) is 11.8 Å². The molecule has 7 heteroatoms. The molecule has 1 aliphatic rings. The molecule has 0 aromatic rings. The molecule has 0 bridgehead atoms. The third-order valence-corrected chi connectivity index (χ3v) is 4.95. The number of thioether (sulfide) groups is 2. The Balaban J connectivity index is 2.74. The second-order valence-electron chi connectivity index (χ2n) is 4.15. The van der Waals surface area contributed by atoms with Crippen molar-refractivity contribution in [1.29, 1.82) is 0 Å². The molecule has 1 N–H and O–H groups in total. The first kappa shape index (κ1) is 15.5. The van der Waals surface area contributed by atoms with Gasteiger partial charge in [0.15, 0.2) is 0 Å². The molecule has 0 aromatic carbocycles. The van der Waals surface area contributed by atoms with E-state index in [-0.39, 0.29) is 11.4 Å². The fourth-order valence-electron chi connectivity index (χ4n) is 1.85. The van der Waals surface area contributed by atoms with Crippen LogP contribution in [0.5, 0.6) is 0 Å². The van der Waals surface area contributed by atoms with Crippen molar-refractivity contribution in [2.45, 2.75) is 24.8 Å². The molecule has 5 nitrogen and oxygen atoms in total. The van der Waals surface area contributed by atoms with Crippen molar-refractivity contribution in [3.8, 4) is 0 Å². The van der Waals surface area contributed by atoms with Crippen LogP contribution in [0.4, 0.5) is 4.79 Å². The van der Waals surface area contributed by atoms with Crippen molar-refractivity contribution in [2.24, 2.45) is 0 Å². The lowest BCUT2D eigenvalue weighted by Crippen LogP contribution is -2.50. The smallest absolute Gasteiger partial charge is 0.327 e. The minimum atomic E-state index is -0.912. The maximum absolute atomic E-state index is 12.3. The lowest BCUT2D eigenvalue weighted by atomic mass is 10.2. The monoisotopic (exact) mass is 292 g/mol. The fourth-order valence-corrected chi connectivity index (χ4v) is 3.64. The molecule has 0 spiro atoms. The average molecular weight is 292 g/mol. The van der Waals surface area contributed by atoms with Gasteiger partial charge < -0.3 is 10.0 Å². The van der Waals surface area contributed by atoms with Crippen molar-refractivity contribution < 1.29 is 14.7 Å². The first-order valence-corrected chi connectivity index (χ1v) is 8.34. The van der Waals surface area contributed by atoms with E-state index in [2.05, 4.69) is 0 Å². The van der Waals surface area contributed by atoms with Crippen molar-refractivity contribution in [3.05, 3.63) is 0 Å². The maximum Gasteiger partial charge on any atom is 0.327 e. The Kier molecular flexibility index (Phi) is 6.14. The predicted octanol–water partition coefficient (Wildman–Crippen LogP) is 1.64. The van der Waals surface area contributed by atoms with Gasteiger partial charge in [-0.2, -0.15) is 11.8 Å². The largest absolute Gasteiger partial charge is 0.480 e. The Morgan fingerprint density at radius 1 is 1.56 bits per heavy atom. The molecule has 0 radical (unpaired) electrons. The summed E-state index contributed by atoms with van der Waals surface area (Å²) in [7, 11) is 1.73. The third kappa shape index (κ3) is 3.47. The van der Waals surface area contributed by atoms with E-state index in [9.17, 15) is 14.7 Å². The summed E-state index contributed by atoms with van der Waals surface area (Å²) in [6.07, 6.45) is 2.76. The average Bonchev–Trinajstić information content (AvgIpc) is 2.78. The number of urea groups is 1. The van der Waals surface area contributed by atoms with Crippen LogP contribution in [-0.2, 0) is 4.79 Å². The van der Waals surface area contributed by atoms with Gasteiger partial charge in [0.05, 0.1) is 5.37 Å². The van der Waals surface area contributed by atoms with Gasteiger partial charge in [-0.3, -0.25) is 4.90 Å². The highest BCUT2D eigenvalue weighted by molar-refractivity contribution is 8.00. The molecule has 2 atom stereocenters. The number of hydrogen-bond donors (Lipinski definition) is 1. The number of nitrogens with zero attached hydrogens (tertiary/aromatic N) is 2. The van der Waals surface area contributed by atoms with Crippen LogP contribution in [-0.4, -0.2) is 69.7 Å². The minimum Gasteiger partial charge on any atom is -0.480 e. The molecule has 0 aromatic heterocycles. The number of carbonyl (C=O) groups is 2. The van der Waals surface area contributed by atoms with Crippen LogP contribution in [0, 0.1) is 0 Å². The van der Waals surface area contributed by atoms with Crippen LogP contribution in [0.2, 0.25) is 0 Å². The molecule has 1 saturated heterocycles. The lowest BCUT2D eigenvalue weighted by Gasteiger charge is -2.31. The first-order chi connectivity index (χ1) is 8.52. The zero-order valence-corrected chi connectivity index (χ0v) is 12.6. The van der Waals surface area contributed by atoms with Crippen LogP contribution in [0.1, 0.15) is 13.3 Å². The van der Waals surface area contributed by atoms with Gasteiger partial charge in [-0.05, 0) is 12.7 Å². The predicted molar refractivity (Wildman–Crippen MR) is 76.2 cm³/mol. The van der Waals surface area contributed by atoms with E-state index in [1.54, 1.807) is 35.5 Å². The molecule has 1 rings (SSSR count). The van der Waals surface area contributed by atoms with Crippen molar-refractivity contribution in [1.82, 2.24) is 9.80 Å². The zero-order valence-electron chi connectivity index (χ0n) is 11.0. The number of amides is 2. The van der Waals surface area contributed by atoms with Gasteiger partial charge in [-0.25, -0.2) is 9.59 Å². The van der Waals surface area contributed by atoms with Gasteiger partial charge in [0.2, 0.25) is 0 Å². The molecular weight excluding hydrogens is 272 g/mol. The van der Waals surface area contributed by atoms with Crippen LogP contribution >= 0.6 is 23.5 Å². The van der Waals surface area contributed by atoms with E-state index in [0.29, 0.717) is 12.3 Å². The molecule has 0 saturated carbocycles. The topological polar surface area (TPSA) is 60.9 Å². The van der Waals surface area contributed by atoms with Crippen LogP contribution < -0.4 is 0 Å². The Morgan fingerprint density at radius 3 is 2.72 bits per heavy atom. The molecule has 1 fully saturated rings. The van der Waals surface area contributed by atoms with Crippen LogP contribution in [0.25, 0.3) is 0 Å². The number of aliphatic carboxylic acids is 1. The highest BCUT2D eigenvalue weighted by Gasteiger charge is 2.41. The Morgan fingerprint density at radius 2 is 2.22 bits per heavy atom.